The number of anilines is 1. The van der Waals surface area contributed by atoms with E-state index in [2.05, 4.69) is 10.4 Å². The highest BCUT2D eigenvalue weighted by Crippen LogP contribution is 2.22. The monoisotopic (exact) mass is 441 g/mol. The van der Waals surface area contributed by atoms with Gasteiger partial charge in [0.2, 0.25) is 0 Å². The SMILES string of the molecule is O=C(Nc1nn(Cc2ccccc2)cc1Cl)c1ccc(COc2ccc(Cl)cc2)o1. The first-order valence-corrected chi connectivity index (χ1v) is 9.88. The number of halogens is 2. The minimum absolute atomic E-state index is 0.137. The molecule has 0 aliphatic rings. The molecular weight excluding hydrogens is 425 g/mol. The molecule has 0 radical (unpaired) electrons. The molecule has 1 amide bonds. The van der Waals surface area contributed by atoms with Crippen LogP contribution in [-0.4, -0.2) is 15.7 Å². The van der Waals surface area contributed by atoms with Crippen molar-refractivity contribution in [2.24, 2.45) is 0 Å². The minimum Gasteiger partial charge on any atom is -0.486 e. The largest absolute Gasteiger partial charge is 0.486 e. The van der Waals surface area contributed by atoms with Crippen molar-refractivity contribution < 1.29 is 13.9 Å². The Morgan fingerprint density at radius 1 is 1.03 bits per heavy atom. The second-order valence-corrected chi connectivity index (χ2v) is 7.32. The van der Waals surface area contributed by atoms with Gasteiger partial charge >= 0.3 is 0 Å². The first kappa shape index (κ1) is 20.1. The summed E-state index contributed by atoms with van der Waals surface area (Å²) in [5, 5.41) is 7.98. The van der Waals surface area contributed by atoms with Gasteiger partial charge in [-0.3, -0.25) is 9.48 Å². The fraction of sp³-hybridized carbons (Fsp3) is 0.0909. The summed E-state index contributed by atoms with van der Waals surface area (Å²) in [6.07, 6.45) is 1.66. The molecule has 30 heavy (non-hydrogen) atoms. The Morgan fingerprint density at radius 2 is 1.80 bits per heavy atom. The van der Waals surface area contributed by atoms with E-state index in [0.717, 1.165) is 5.56 Å². The van der Waals surface area contributed by atoms with E-state index in [1.165, 1.54) is 0 Å². The molecule has 0 aliphatic heterocycles. The van der Waals surface area contributed by atoms with Crippen LogP contribution in [0.25, 0.3) is 0 Å². The predicted octanol–water partition coefficient (Wildman–Crippen LogP) is 5.66. The number of carbonyl (C=O) groups excluding carboxylic acids is 1. The van der Waals surface area contributed by atoms with E-state index in [1.54, 1.807) is 47.3 Å². The van der Waals surface area contributed by atoms with Gasteiger partial charge in [0.05, 0.1) is 6.54 Å². The normalized spacial score (nSPS) is 10.7. The van der Waals surface area contributed by atoms with Gasteiger partial charge < -0.3 is 14.5 Å². The molecule has 8 heteroatoms. The number of nitrogens with zero attached hydrogens (tertiary/aromatic N) is 2. The smallest absolute Gasteiger partial charge is 0.292 e. The first-order valence-electron chi connectivity index (χ1n) is 9.12. The van der Waals surface area contributed by atoms with Crippen molar-refractivity contribution in [2.75, 3.05) is 5.32 Å². The number of carbonyl (C=O) groups is 1. The maximum atomic E-state index is 12.5. The van der Waals surface area contributed by atoms with Crippen LogP contribution in [-0.2, 0) is 13.2 Å². The lowest BCUT2D eigenvalue weighted by Gasteiger charge is -2.04. The summed E-state index contributed by atoms with van der Waals surface area (Å²) in [4.78, 5) is 12.5. The number of amides is 1. The van der Waals surface area contributed by atoms with Crippen LogP contribution < -0.4 is 10.1 Å². The number of benzene rings is 2. The average Bonchev–Trinajstić information content (AvgIpc) is 3.35. The molecule has 0 atom stereocenters. The molecule has 2 heterocycles. The van der Waals surface area contributed by atoms with Crippen molar-refractivity contribution in [3.8, 4) is 5.75 Å². The van der Waals surface area contributed by atoms with Gasteiger partial charge in [-0.25, -0.2) is 0 Å². The molecular formula is C22H17Cl2N3O3. The van der Waals surface area contributed by atoms with Gasteiger partial charge in [-0.15, -0.1) is 0 Å². The van der Waals surface area contributed by atoms with Crippen molar-refractivity contribution in [2.45, 2.75) is 13.2 Å². The van der Waals surface area contributed by atoms with E-state index in [4.69, 9.17) is 32.4 Å². The number of nitrogens with one attached hydrogen (secondary N) is 1. The quantitative estimate of drug-likeness (QED) is 0.401. The first-order chi connectivity index (χ1) is 14.6. The molecule has 2 aromatic heterocycles. The van der Waals surface area contributed by atoms with Crippen LogP contribution >= 0.6 is 23.2 Å². The highest BCUT2D eigenvalue weighted by Gasteiger charge is 2.16. The van der Waals surface area contributed by atoms with E-state index in [-0.39, 0.29) is 18.2 Å². The molecule has 6 nitrogen and oxygen atoms in total. The number of hydrogen-bond acceptors (Lipinski definition) is 4. The summed E-state index contributed by atoms with van der Waals surface area (Å²) in [6.45, 7) is 0.727. The zero-order valence-electron chi connectivity index (χ0n) is 15.7. The van der Waals surface area contributed by atoms with Crippen molar-refractivity contribution in [1.82, 2.24) is 9.78 Å². The van der Waals surface area contributed by atoms with E-state index in [1.807, 2.05) is 30.3 Å². The molecule has 1 N–H and O–H groups in total. The average molecular weight is 442 g/mol. The Hall–Kier alpha value is -3.22. The second-order valence-electron chi connectivity index (χ2n) is 6.47. The zero-order chi connectivity index (χ0) is 20.9. The third-order valence-corrected chi connectivity index (χ3v) is 4.75. The summed E-state index contributed by atoms with van der Waals surface area (Å²) in [5.74, 6) is 1.12. The van der Waals surface area contributed by atoms with Crippen LogP contribution in [0, 0.1) is 0 Å². The van der Waals surface area contributed by atoms with Crippen molar-refractivity contribution in [3.05, 3.63) is 100 Å². The molecule has 0 fully saturated rings. The number of hydrogen-bond donors (Lipinski definition) is 1. The Bertz CT molecular complexity index is 1140. The van der Waals surface area contributed by atoms with Crippen LogP contribution in [0.5, 0.6) is 5.75 Å². The van der Waals surface area contributed by atoms with Gasteiger partial charge in [0.15, 0.2) is 11.6 Å². The predicted molar refractivity (Wildman–Crippen MR) is 115 cm³/mol. The van der Waals surface area contributed by atoms with Gasteiger partial charge in [-0.2, -0.15) is 5.10 Å². The lowest BCUT2D eigenvalue weighted by atomic mass is 10.2. The third kappa shape index (κ3) is 5.03. The van der Waals surface area contributed by atoms with Gasteiger partial charge in [-0.1, -0.05) is 53.5 Å². The van der Waals surface area contributed by atoms with Crippen LogP contribution in [0.4, 0.5) is 5.82 Å². The molecule has 152 valence electrons. The standard InChI is InChI=1S/C22H17Cl2N3O3/c23-16-6-8-17(9-7-16)29-14-18-10-11-20(30-18)22(28)25-21-19(24)13-27(26-21)12-15-4-2-1-3-5-15/h1-11,13H,12,14H2,(H,25,26,28). The van der Waals surface area contributed by atoms with E-state index < -0.39 is 5.91 Å². The van der Waals surface area contributed by atoms with E-state index >= 15 is 0 Å². The summed E-state index contributed by atoms with van der Waals surface area (Å²) >= 11 is 12.1. The Labute approximate surface area is 183 Å². The molecule has 0 unspecified atom stereocenters. The molecule has 0 bridgehead atoms. The van der Waals surface area contributed by atoms with Gasteiger partial charge in [-0.05, 0) is 42.0 Å². The number of ether oxygens (including phenoxy) is 1. The zero-order valence-corrected chi connectivity index (χ0v) is 17.2. The summed E-state index contributed by atoms with van der Waals surface area (Å²) < 4.78 is 12.8. The Morgan fingerprint density at radius 3 is 2.57 bits per heavy atom. The fourth-order valence-electron chi connectivity index (χ4n) is 2.77. The highest BCUT2D eigenvalue weighted by atomic mass is 35.5. The highest BCUT2D eigenvalue weighted by molar-refractivity contribution is 6.33. The fourth-order valence-corrected chi connectivity index (χ4v) is 3.09. The van der Waals surface area contributed by atoms with Gasteiger partial charge in [0.25, 0.3) is 5.91 Å². The Kier molecular flexibility index (Phi) is 6.07. The minimum atomic E-state index is -0.445. The molecule has 2 aromatic carbocycles. The third-order valence-electron chi connectivity index (χ3n) is 4.22. The molecule has 0 spiro atoms. The maximum Gasteiger partial charge on any atom is 0.292 e. The molecule has 0 aliphatic carbocycles. The van der Waals surface area contributed by atoms with Crippen molar-refractivity contribution in [1.29, 1.82) is 0 Å². The molecule has 4 aromatic rings. The number of rotatable bonds is 7. The summed E-state index contributed by atoms with van der Waals surface area (Å²) in [5.41, 5.74) is 1.07. The van der Waals surface area contributed by atoms with Crippen LogP contribution in [0.3, 0.4) is 0 Å². The maximum absolute atomic E-state index is 12.5. The van der Waals surface area contributed by atoms with Crippen molar-refractivity contribution in [3.63, 3.8) is 0 Å². The van der Waals surface area contributed by atoms with Gasteiger partial charge in [0, 0.05) is 11.2 Å². The lowest BCUT2D eigenvalue weighted by Crippen LogP contribution is -2.12. The van der Waals surface area contributed by atoms with Crippen LogP contribution in [0.15, 0.2) is 77.3 Å². The van der Waals surface area contributed by atoms with Gasteiger partial charge in [0.1, 0.15) is 23.1 Å². The topological polar surface area (TPSA) is 69.3 Å². The number of furan rings is 1. The van der Waals surface area contributed by atoms with Crippen LogP contribution in [0.1, 0.15) is 21.9 Å². The summed E-state index contributed by atoms with van der Waals surface area (Å²) in [7, 11) is 0. The molecule has 0 saturated carbocycles. The van der Waals surface area contributed by atoms with E-state index in [9.17, 15) is 4.79 Å². The Balaban J connectivity index is 1.36. The molecule has 0 saturated heterocycles. The second kappa shape index (κ2) is 9.07. The number of aromatic nitrogens is 2. The summed E-state index contributed by atoms with van der Waals surface area (Å²) in [6, 6.07) is 20.1. The lowest BCUT2D eigenvalue weighted by molar-refractivity contribution is 0.0992. The van der Waals surface area contributed by atoms with E-state index in [0.29, 0.717) is 28.1 Å². The van der Waals surface area contributed by atoms with Crippen molar-refractivity contribution >= 4 is 34.9 Å². The molecule has 4 rings (SSSR count). The van der Waals surface area contributed by atoms with Crippen LogP contribution in [0.2, 0.25) is 10.0 Å².